The lowest BCUT2D eigenvalue weighted by molar-refractivity contribution is -0.140. The van der Waals surface area contributed by atoms with E-state index in [0.29, 0.717) is 0 Å². The predicted octanol–water partition coefficient (Wildman–Crippen LogP) is 1.60. The molecule has 9 heteroatoms. The number of phenols is 1. The van der Waals surface area contributed by atoms with Gasteiger partial charge in [0, 0.05) is 18.0 Å². The number of hydrogen-bond acceptors (Lipinski definition) is 4. The van der Waals surface area contributed by atoms with Crippen LogP contribution in [-0.4, -0.2) is 25.7 Å². The van der Waals surface area contributed by atoms with E-state index in [-0.39, 0.29) is 23.2 Å². The summed E-state index contributed by atoms with van der Waals surface area (Å²) < 4.78 is 39.4. The summed E-state index contributed by atoms with van der Waals surface area (Å²) in [7, 11) is 0. The molecule has 2 rings (SSSR count). The van der Waals surface area contributed by atoms with E-state index in [1.54, 1.807) is 0 Å². The van der Waals surface area contributed by atoms with Gasteiger partial charge >= 0.3 is 17.8 Å². The highest BCUT2D eigenvalue weighted by Crippen LogP contribution is 2.33. The van der Waals surface area contributed by atoms with E-state index >= 15 is 0 Å². The number of aromatic hydroxyl groups is 1. The highest BCUT2D eigenvalue weighted by atomic mass is 19.4. The Bertz CT molecular complexity index is 767. The molecule has 0 aliphatic heterocycles. The first-order valence-corrected chi connectivity index (χ1v) is 5.72. The summed E-state index contributed by atoms with van der Waals surface area (Å²) in [6, 6.07) is 2.98. The molecule has 2 N–H and O–H groups in total. The van der Waals surface area contributed by atoms with Gasteiger partial charge in [0.15, 0.2) is 5.69 Å². The van der Waals surface area contributed by atoms with Crippen molar-refractivity contribution < 1.29 is 28.2 Å². The fourth-order valence-electron chi connectivity index (χ4n) is 1.90. The van der Waals surface area contributed by atoms with Crippen molar-refractivity contribution in [1.29, 1.82) is 0 Å². The predicted molar refractivity (Wildman–Crippen MR) is 64.9 cm³/mol. The van der Waals surface area contributed by atoms with Crippen LogP contribution in [0.5, 0.6) is 5.75 Å². The number of hydrogen-bond donors (Lipinski definition) is 2. The van der Waals surface area contributed by atoms with Crippen molar-refractivity contribution in [3.05, 3.63) is 34.4 Å². The monoisotopic (exact) mass is 302 g/mol. The van der Waals surface area contributed by atoms with Gasteiger partial charge in [-0.3, -0.25) is 9.36 Å². The molecule has 0 bridgehead atoms. The quantitative estimate of drug-likeness (QED) is 0.898. The van der Waals surface area contributed by atoms with Crippen LogP contribution in [0.15, 0.2) is 23.0 Å². The first kappa shape index (κ1) is 14.8. The Morgan fingerprint density at radius 2 is 2.00 bits per heavy atom. The first-order valence-electron chi connectivity index (χ1n) is 5.72. The van der Waals surface area contributed by atoms with E-state index in [0.717, 1.165) is 22.8 Å². The number of nitrogens with zero attached hydrogens (tertiary/aromatic N) is 2. The maximum absolute atomic E-state index is 12.9. The van der Waals surface area contributed by atoms with Crippen LogP contribution in [0.2, 0.25) is 0 Å². The minimum Gasteiger partial charge on any atom is -0.508 e. The van der Waals surface area contributed by atoms with Crippen molar-refractivity contribution >= 4 is 16.9 Å². The van der Waals surface area contributed by atoms with Gasteiger partial charge in [0.25, 0.3) is 0 Å². The average molecular weight is 302 g/mol. The highest BCUT2D eigenvalue weighted by Gasteiger charge is 2.36. The molecule has 0 unspecified atom stereocenters. The van der Waals surface area contributed by atoms with Gasteiger partial charge in [0.1, 0.15) is 5.75 Å². The molecule has 112 valence electrons. The molecule has 0 saturated carbocycles. The second-order valence-electron chi connectivity index (χ2n) is 4.24. The summed E-state index contributed by atoms with van der Waals surface area (Å²) >= 11 is 0. The molecule has 0 aliphatic rings. The number of alkyl halides is 3. The number of aryl methyl sites for hydroxylation is 1. The van der Waals surface area contributed by atoms with E-state index in [9.17, 15) is 27.9 Å². The third kappa shape index (κ3) is 2.96. The van der Waals surface area contributed by atoms with Crippen LogP contribution in [0.1, 0.15) is 12.1 Å². The largest absolute Gasteiger partial charge is 0.508 e. The lowest BCUT2D eigenvalue weighted by Gasteiger charge is -2.13. The molecule has 0 spiro atoms. The maximum atomic E-state index is 12.9. The molecule has 0 atom stereocenters. The van der Waals surface area contributed by atoms with Gasteiger partial charge in [-0.2, -0.15) is 18.2 Å². The van der Waals surface area contributed by atoms with Crippen LogP contribution < -0.4 is 5.69 Å². The molecule has 0 fully saturated rings. The van der Waals surface area contributed by atoms with Crippen LogP contribution in [0.3, 0.4) is 0 Å². The van der Waals surface area contributed by atoms with Crippen molar-refractivity contribution in [2.45, 2.75) is 19.1 Å². The van der Waals surface area contributed by atoms with Gasteiger partial charge in [-0.1, -0.05) is 0 Å². The molecule has 2 aromatic rings. The van der Waals surface area contributed by atoms with Gasteiger partial charge in [-0.15, -0.1) is 0 Å². The zero-order chi connectivity index (χ0) is 15.8. The number of phenolic OH excluding ortho intramolecular Hbond substituents is 1. The van der Waals surface area contributed by atoms with Crippen molar-refractivity contribution in [2.75, 3.05) is 0 Å². The summed E-state index contributed by atoms with van der Waals surface area (Å²) in [6.45, 7) is -0.348. The Hall–Kier alpha value is -2.58. The van der Waals surface area contributed by atoms with E-state index in [1.807, 2.05) is 0 Å². The van der Waals surface area contributed by atoms with E-state index in [4.69, 9.17) is 5.11 Å². The summed E-state index contributed by atoms with van der Waals surface area (Å²) in [6.07, 6.45) is -5.29. The van der Waals surface area contributed by atoms with Crippen molar-refractivity contribution in [3.63, 3.8) is 0 Å². The third-order valence-electron chi connectivity index (χ3n) is 2.78. The second kappa shape index (κ2) is 5.08. The zero-order valence-corrected chi connectivity index (χ0v) is 10.4. The molecule has 0 saturated heterocycles. The number of carboxylic acids is 1. The van der Waals surface area contributed by atoms with E-state index < -0.39 is 30.0 Å². The number of aliphatic carboxylic acids is 1. The molecule has 0 aliphatic carbocycles. The summed E-state index contributed by atoms with van der Waals surface area (Å²) in [4.78, 5) is 25.2. The van der Waals surface area contributed by atoms with Crippen molar-refractivity contribution in [2.24, 2.45) is 0 Å². The molecule has 1 aromatic heterocycles. The normalized spacial score (nSPS) is 11.8. The summed E-state index contributed by atoms with van der Waals surface area (Å²) in [5.41, 5.74) is -2.81. The molecule has 1 aromatic carbocycles. The Labute approximate surface area is 115 Å². The Balaban J connectivity index is 2.76. The molecule has 6 nitrogen and oxygen atoms in total. The smallest absolute Gasteiger partial charge is 0.434 e. The van der Waals surface area contributed by atoms with Crippen molar-refractivity contribution in [3.8, 4) is 5.75 Å². The number of carbonyl (C=O) groups is 1. The molecule has 0 amide bonds. The maximum Gasteiger partial charge on any atom is 0.434 e. The highest BCUT2D eigenvalue weighted by molar-refractivity contribution is 5.83. The van der Waals surface area contributed by atoms with Crippen molar-refractivity contribution in [1.82, 2.24) is 9.55 Å². The molecule has 0 radical (unpaired) electrons. The number of rotatable bonds is 3. The Morgan fingerprint density at radius 1 is 1.33 bits per heavy atom. The topological polar surface area (TPSA) is 92.4 Å². The van der Waals surface area contributed by atoms with E-state index in [2.05, 4.69) is 4.98 Å². The lowest BCUT2D eigenvalue weighted by atomic mass is 10.1. The zero-order valence-electron chi connectivity index (χ0n) is 10.4. The number of fused-ring (bicyclic) bond motifs is 1. The first-order chi connectivity index (χ1) is 9.70. The fourth-order valence-corrected chi connectivity index (χ4v) is 1.90. The number of carboxylic acid groups (broad SMARTS) is 1. The van der Waals surface area contributed by atoms with Crippen LogP contribution in [-0.2, 0) is 17.5 Å². The van der Waals surface area contributed by atoms with Gasteiger partial charge in [-0.25, -0.2) is 4.79 Å². The van der Waals surface area contributed by atoms with Gasteiger partial charge in [0.2, 0.25) is 0 Å². The summed E-state index contributed by atoms with van der Waals surface area (Å²) in [5, 5.41) is 17.6. The van der Waals surface area contributed by atoms with Crippen LogP contribution in [0.25, 0.3) is 10.9 Å². The Morgan fingerprint density at radius 3 is 2.57 bits per heavy atom. The van der Waals surface area contributed by atoms with Crippen LogP contribution >= 0.6 is 0 Å². The lowest BCUT2D eigenvalue weighted by Crippen LogP contribution is -2.28. The third-order valence-corrected chi connectivity index (χ3v) is 2.78. The average Bonchev–Trinajstić information content (AvgIpc) is 2.35. The van der Waals surface area contributed by atoms with E-state index in [1.165, 1.54) is 0 Å². The molecular formula is C12H9F3N2O4. The number of halogens is 3. The number of benzene rings is 1. The minimum absolute atomic E-state index is 0.219. The summed E-state index contributed by atoms with van der Waals surface area (Å²) in [5.74, 6) is -1.56. The van der Waals surface area contributed by atoms with Gasteiger partial charge in [-0.05, 0) is 12.1 Å². The van der Waals surface area contributed by atoms with Gasteiger partial charge in [0.05, 0.1) is 11.9 Å². The van der Waals surface area contributed by atoms with Crippen LogP contribution in [0.4, 0.5) is 13.2 Å². The second-order valence-corrected chi connectivity index (χ2v) is 4.24. The van der Waals surface area contributed by atoms with Gasteiger partial charge < -0.3 is 10.2 Å². The standard InChI is InChI=1S/C12H9F3N2O4/c13-12(14,15)10-7-2-1-6(18)5-8(7)17(11(21)16-10)4-3-9(19)20/h1-2,5,18H,3-4H2,(H,19,20). The fraction of sp³-hybridized carbons (Fsp3) is 0.250. The SMILES string of the molecule is O=C(O)CCn1c(=O)nc(C(F)(F)F)c2ccc(O)cc21. The van der Waals surface area contributed by atoms with Crippen LogP contribution in [0, 0.1) is 0 Å². The Kier molecular flexibility index (Phi) is 3.58. The minimum atomic E-state index is -4.83. The number of aromatic nitrogens is 2. The molecular weight excluding hydrogens is 293 g/mol. The molecule has 21 heavy (non-hydrogen) atoms. The molecule has 1 heterocycles.